The number of piperidine rings is 1. The molecule has 2 aliphatic rings. The van der Waals surface area contributed by atoms with Crippen LogP contribution in [-0.2, 0) is 10.0 Å². The second-order valence-corrected chi connectivity index (χ2v) is 11.5. The fourth-order valence-corrected chi connectivity index (χ4v) is 6.08. The summed E-state index contributed by atoms with van der Waals surface area (Å²) in [5.74, 6) is 0.646. The Balaban J connectivity index is 1.44. The van der Waals surface area contributed by atoms with Gasteiger partial charge < -0.3 is 10.1 Å². The lowest BCUT2D eigenvalue weighted by Gasteiger charge is -2.23. The minimum absolute atomic E-state index is 0.0180. The maximum Gasteiger partial charge on any atom is 0.265 e. The van der Waals surface area contributed by atoms with Gasteiger partial charge in [-0.1, -0.05) is 12.5 Å². The SMILES string of the molecule is Cc1ccc(N(C2CC2)S(C)(=O)=O)cc1-n1cnc2ccc(OCCC3CCCCN3)cc2c1=O. The Morgan fingerprint density at radius 2 is 1.97 bits per heavy atom. The molecule has 186 valence electrons. The predicted molar refractivity (Wildman–Crippen MR) is 138 cm³/mol. The Morgan fingerprint density at radius 3 is 2.69 bits per heavy atom. The van der Waals surface area contributed by atoms with Gasteiger partial charge in [-0.25, -0.2) is 13.4 Å². The van der Waals surface area contributed by atoms with Crippen molar-refractivity contribution in [3.63, 3.8) is 0 Å². The van der Waals surface area contributed by atoms with Gasteiger partial charge in [0.15, 0.2) is 0 Å². The molecule has 1 atom stereocenters. The van der Waals surface area contributed by atoms with Crippen LogP contribution in [0.1, 0.15) is 44.1 Å². The lowest BCUT2D eigenvalue weighted by molar-refractivity contribution is 0.268. The van der Waals surface area contributed by atoms with Gasteiger partial charge in [0.1, 0.15) is 12.1 Å². The Labute approximate surface area is 206 Å². The van der Waals surface area contributed by atoms with Crippen molar-refractivity contribution in [3.8, 4) is 11.4 Å². The van der Waals surface area contributed by atoms with Crippen molar-refractivity contribution >= 4 is 26.6 Å². The molecule has 0 amide bonds. The number of sulfonamides is 1. The quantitative estimate of drug-likeness (QED) is 0.513. The summed E-state index contributed by atoms with van der Waals surface area (Å²) in [4.78, 5) is 18.0. The molecule has 1 aromatic heterocycles. The predicted octanol–water partition coefficient (Wildman–Crippen LogP) is 3.53. The Hall–Kier alpha value is -2.91. The van der Waals surface area contributed by atoms with E-state index in [2.05, 4.69) is 10.3 Å². The van der Waals surface area contributed by atoms with Crippen molar-refractivity contribution < 1.29 is 13.2 Å². The number of fused-ring (bicyclic) bond motifs is 1. The van der Waals surface area contributed by atoms with E-state index in [4.69, 9.17) is 4.74 Å². The first-order valence-electron chi connectivity index (χ1n) is 12.3. The van der Waals surface area contributed by atoms with Crippen LogP contribution in [0.4, 0.5) is 5.69 Å². The monoisotopic (exact) mass is 496 g/mol. The summed E-state index contributed by atoms with van der Waals surface area (Å²) in [6.45, 7) is 3.55. The number of aryl methyl sites for hydroxylation is 1. The van der Waals surface area contributed by atoms with Crippen LogP contribution >= 0.6 is 0 Å². The van der Waals surface area contributed by atoms with E-state index in [-0.39, 0.29) is 11.6 Å². The number of anilines is 1. The minimum atomic E-state index is -3.42. The average molecular weight is 497 g/mol. The largest absolute Gasteiger partial charge is 0.494 e. The zero-order valence-electron chi connectivity index (χ0n) is 20.2. The topological polar surface area (TPSA) is 93.5 Å². The third kappa shape index (κ3) is 5.21. The average Bonchev–Trinajstić information content (AvgIpc) is 3.66. The number of nitrogens with zero attached hydrogens (tertiary/aromatic N) is 3. The van der Waals surface area contributed by atoms with E-state index in [1.165, 1.54) is 40.7 Å². The lowest BCUT2D eigenvalue weighted by atomic mass is 10.0. The van der Waals surface area contributed by atoms with Gasteiger partial charge in [-0.3, -0.25) is 13.7 Å². The van der Waals surface area contributed by atoms with Gasteiger partial charge in [0.2, 0.25) is 10.0 Å². The van der Waals surface area contributed by atoms with Gasteiger partial charge in [0.25, 0.3) is 5.56 Å². The zero-order valence-corrected chi connectivity index (χ0v) is 21.1. The molecule has 2 fully saturated rings. The Morgan fingerprint density at radius 1 is 1.14 bits per heavy atom. The number of rotatable bonds is 8. The smallest absolute Gasteiger partial charge is 0.265 e. The highest BCUT2D eigenvalue weighted by Gasteiger charge is 2.35. The number of nitrogens with one attached hydrogen (secondary N) is 1. The number of aromatic nitrogens is 2. The first kappa shape index (κ1) is 23.8. The summed E-state index contributed by atoms with van der Waals surface area (Å²) in [6.07, 6.45) is 9.00. The van der Waals surface area contributed by atoms with E-state index in [1.54, 1.807) is 24.3 Å². The summed E-state index contributed by atoms with van der Waals surface area (Å²) in [7, 11) is -3.42. The van der Waals surface area contributed by atoms with Crippen molar-refractivity contribution in [2.24, 2.45) is 0 Å². The van der Waals surface area contributed by atoms with Gasteiger partial charge in [-0.15, -0.1) is 0 Å². The first-order valence-corrected chi connectivity index (χ1v) is 14.1. The van der Waals surface area contributed by atoms with E-state index in [0.717, 1.165) is 31.4 Å². The van der Waals surface area contributed by atoms with Crippen LogP contribution in [0.2, 0.25) is 0 Å². The number of benzene rings is 2. The molecular formula is C26H32N4O4S. The van der Waals surface area contributed by atoms with Crippen LogP contribution in [-0.4, -0.2) is 49.5 Å². The third-order valence-electron chi connectivity index (χ3n) is 6.82. The highest BCUT2D eigenvalue weighted by atomic mass is 32.2. The molecule has 5 rings (SSSR count). The molecule has 35 heavy (non-hydrogen) atoms. The van der Waals surface area contributed by atoms with Crippen LogP contribution in [0.5, 0.6) is 5.75 Å². The van der Waals surface area contributed by atoms with Crippen LogP contribution in [0, 0.1) is 6.92 Å². The van der Waals surface area contributed by atoms with Crippen molar-refractivity contribution in [2.75, 3.05) is 23.7 Å². The van der Waals surface area contributed by atoms with E-state index in [1.807, 2.05) is 19.1 Å². The van der Waals surface area contributed by atoms with Gasteiger partial charge in [0, 0.05) is 12.1 Å². The Kier molecular flexibility index (Phi) is 6.55. The maximum absolute atomic E-state index is 13.5. The summed E-state index contributed by atoms with van der Waals surface area (Å²) in [5.41, 5.74) is 2.42. The van der Waals surface area contributed by atoms with Crippen LogP contribution < -0.4 is 19.9 Å². The third-order valence-corrected chi connectivity index (χ3v) is 8.04. The molecule has 2 aromatic carbocycles. The molecule has 0 radical (unpaired) electrons. The normalized spacial score (nSPS) is 18.5. The highest BCUT2D eigenvalue weighted by Crippen LogP contribution is 2.35. The molecule has 8 nitrogen and oxygen atoms in total. The highest BCUT2D eigenvalue weighted by molar-refractivity contribution is 7.92. The van der Waals surface area contributed by atoms with Crippen molar-refractivity contribution in [2.45, 2.75) is 57.5 Å². The van der Waals surface area contributed by atoms with Crippen molar-refractivity contribution in [1.82, 2.24) is 14.9 Å². The van der Waals surface area contributed by atoms with E-state index in [9.17, 15) is 13.2 Å². The summed E-state index contributed by atoms with van der Waals surface area (Å²) in [6, 6.07) is 11.3. The molecule has 0 bridgehead atoms. The van der Waals surface area contributed by atoms with Gasteiger partial charge in [0.05, 0.1) is 35.1 Å². The molecule has 0 spiro atoms. The van der Waals surface area contributed by atoms with Crippen molar-refractivity contribution in [3.05, 3.63) is 58.6 Å². The molecule has 3 aromatic rings. The molecule has 1 unspecified atom stereocenters. The number of hydrogen-bond donors (Lipinski definition) is 1. The van der Waals surface area contributed by atoms with Gasteiger partial charge in [-0.05, 0) is 81.5 Å². The minimum Gasteiger partial charge on any atom is -0.494 e. The van der Waals surface area contributed by atoms with Gasteiger partial charge in [-0.2, -0.15) is 0 Å². The molecule has 1 saturated heterocycles. The van der Waals surface area contributed by atoms with Crippen LogP contribution in [0.3, 0.4) is 0 Å². The summed E-state index contributed by atoms with van der Waals surface area (Å²) < 4.78 is 33.8. The van der Waals surface area contributed by atoms with Gasteiger partial charge >= 0.3 is 0 Å². The molecule has 1 N–H and O–H groups in total. The fraction of sp³-hybridized carbons (Fsp3) is 0.462. The zero-order chi connectivity index (χ0) is 24.6. The fourth-order valence-electron chi connectivity index (χ4n) is 4.83. The second kappa shape index (κ2) is 9.62. The van der Waals surface area contributed by atoms with Crippen molar-refractivity contribution in [1.29, 1.82) is 0 Å². The Bertz CT molecular complexity index is 1390. The molecule has 1 aliphatic carbocycles. The number of ether oxygens (including phenoxy) is 1. The molecular weight excluding hydrogens is 464 g/mol. The first-order chi connectivity index (χ1) is 16.8. The molecule has 1 saturated carbocycles. The summed E-state index contributed by atoms with van der Waals surface area (Å²) in [5, 5.41) is 3.99. The maximum atomic E-state index is 13.5. The molecule has 1 aliphatic heterocycles. The molecule has 2 heterocycles. The van der Waals surface area contributed by atoms with E-state index < -0.39 is 10.0 Å². The van der Waals surface area contributed by atoms with Crippen LogP contribution in [0.25, 0.3) is 16.6 Å². The standard InChI is InChI=1S/C26H32N4O4S/c1-18-6-7-21(30(20-8-9-20)35(2,32)33)15-25(18)29-17-28-24-11-10-22(16-23(24)26(29)31)34-14-12-19-5-3-4-13-27-19/h6-7,10-11,15-17,19-20,27H,3-5,8-9,12-14H2,1-2H3. The van der Waals surface area contributed by atoms with E-state index >= 15 is 0 Å². The number of hydrogen-bond acceptors (Lipinski definition) is 6. The van der Waals surface area contributed by atoms with Crippen LogP contribution in [0.15, 0.2) is 47.5 Å². The molecule has 9 heteroatoms. The lowest BCUT2D eigenvalue weighted by Crippen LogP contribution is -2.35. The summed E-state index contributed by atoms with van der Waals surface area (Å²) >= 11 is 0. The second-order valence-electron chi connectivity index (χ2n) is 9.64. The van der Waals surface area contributed by atoms with E-state index in [0.29, 0.717) is 40.7 Å².